The van der Waals surface area contributed by atoms with Crippen LogP contribution in [0.2, 0.25) is 0 Å². The van der Waals surface area contributed by atoms with Crippen LogP contribution in [-0.4, -0.2) is 16.7 Å². The Morgan fingerprint density at radius 1 is 1.23 bits per heavy atom. The third-order valence-electron chi connectivity index (χ3n) is 3.17. The fraction of sp³-hybridized carbons (Fsp3) is 0.176. The lowest BCUT2D eigenvalue weighted by atomic mass is 10.1. The average Bonchev–Trinajstić information content (AvgIpc) is 2.49. The molecule has 0 aromatic heterocycles. The summed E-state index contributed by atoms with van der Waals surface area (Å²) in [6.45, 7) is 3.61. The Labute approximate surface area is 128 Å². The minimum Gasteiger partial charge on any atom is -0.507 e. The Bertz CT molecular complexity index is 709. The molecule has 2 aromatic rings. The van der Waals surface area contributed by atoms with Gasteiger partial charge < -0.3 is 5.11 Å². The minimum absolute atomic E-state index is 0.108. The highest BCUT2D eigenvalue weighted by Crippen LogP contribution is 2.18. The van der Waals surface area contributed by atoms with Gasteiger partial charge in [0.15, 0.2) is 0 Å². The third-order valence-corrected chi connectivity index (χ3v) is 3.17. The molecule has 114 valence electrons. The van der Waals surface area contributed by atoms with Gasteiger partial charge in [-0.25, -0.2) is 9.82 Å². The van der Waals surface area contributed by atoms with E-state index in [2.05, 4.69) is 10.5 Å². The van der Waals surface area contributed by atoms with Crippen molar-refractivity contribution in [2.75, 3.05) is 0 Å². The van der Waals surface area contributed by atoms with Crippen LogP contribution in [0.25, 0.3) is 0 Å². The van der Waals surface area contributed by atoms with Crippen molar-refractivity contribution < 1.29 is 14.3 Å². The number of aromatic hydroxyl groups is 1. The van der Waals surface area contributed by atoms with Crippen molar-refractivity contribution in [2.24, 2.45) is 5.10 Å². The van der Waals surface area contributed by atoms with Crippen molar-refractivity contribution in [1.29, 1.82) is 0 Å². The zero-order valence-electron chi connectivity index (χ0n) is 12.4. The van der Waals surface area contributed by atoms with Gasteiger partial charge in [0, 0.05) is 5.56 Å². The highest BCUT2D eigenvalue weighted by atomic mass is 19.1. The van der Waals surface area contributed by atoms with Crippen LogP contribution in [0, 0.1) is 12.7 Å². The number of hydrogen-bond acceptors (Lipinski definition) is 3. The SMILES string of the molecule is C/C(=N\NC(=O)Cc1ccc(F)cc1)c1cc(C)ccc1O. The van der Waals surface area contributed by atoms with Crippen LogP contribution in [0.1, 0.15) is 23.6 Å². The molecular weight excluding hydrogens is 283 g/mol. The van der Waals surface area contributed by atoms with Crippen molar-refractivity contribution in [3.8, 4) is 5.75 Å². The number of amides is 1. The van der Waals surface area contributed by atoms with Gasteiger partial charge in [0.05, 0.1) is 12.1 Å². The number of halogens is 1. The molecule has 0 radical (unpaired) electrons. The van der Waals surface area contributed by atoms with Gasteiger partial charge in [-0.15, -0.1) is 0 Å². The van der Waals surface area contributed by atoms with Gasteiger partial charge in [0.25, 0.3) is 0 Å². The molecule has 2 aromatic carbocycles. The summed E-state index contributed by atoms with van der Waals surface area (Å²) in [4.78, 5) is 11.8. The molecule has 0 bridgehead atoms. The van der Waals surface area contributed by atoms with Crippen molar-refractivity contribution in [3.05, 3.63) is 65.0 Å². The van der Waals surface area contributed by atoms with Gasteiger partial charge in [-0.1, -0.05) is 23.8 Å². The number of nitrogens with one attached hydrogen (secondary N) is 1. The van der Waals surface area contributed by atoms with Crippen LogP contribution < -0.4 is 5.43 Å². The molecule has 0 aliphatic carbocycles. The molecular formula is C17H17FN2O2. The van der Waals surface area contributed by atoms with Crippen LogP contribution in [0.3, 0.4) is 0 Å². The zero-order chi connectivity index (χ0) is 16.1. The number of phenolic OH excluding ortho intramolecular Hbond substituents is 1. The molecule has 0 heterocycles. The van der Waals surface area contributed by atoms with Crippen molar-refractivity contribution >= 4 is 11.6 Å². The summed E-state index contributed by atoms with van der Waals surface area (Å²) >= 11 is 0. The Balaban J connectivity index is 2.02. The normalized spacial score (nSPS) is 11.3. The van der Waals surface area contributed by atoms with E-state index in [-0.39, 0.29) is 23.9 Å². The number of phenols is 1. The van der Waals surface area contributed by atoms with E-state index < -0.39 is 0 Å². The number of aryl methyl sites for hydroxylation is 1. The summed E-state index contributed by atoms with van der Waals surface area (Å²) in [5, 5.41) is 13.8. The van der Waals surface area contributed by atoms with Crippen LogP contribution >= 0.6 is 0 Å². The average molecular weight is 300 g/mol. The molecule has 0 unspecified atom stereocenters. The summed E-state index contributed by atoms with van der Waals surface area (Å²) < 4.78 is 12.8. The Morgan fingerprint density at radius 2 is 1.91 bits per heavy atom. The number of carbonyl (C=O) groups excluding carboxylic acids is 1. The maximum Gasteiger partial charge on any atom is 0.244 e. The lowest BCUT2D eigenvalue weighted by Crippen LogP contribution is -2.21. The topological polar surface area (TPSA) is 61.7 Å². The summed E-state index contributed by atoms with van der Waals surface area (Å²) in [6.07, 6.45) is 0.108. The van der Waals surface area contributed by atoms with Gasteiger partial charge in [0.2, 0.25) is 5.91 Å². The van der Waals surface area contributed by atoms with E-state index >= 15 is 0 Å². The van der Waals surface area contributed by atoms with Gasteiger partial charge in [0.1, 0.15) is 11.6 Å². The van der Waals surface area contributed by atoms with E-state index in [4.69, 9.17) is 0 Å². The van der Waals surface area contributed by atoms with E-state index in [1.807, 2.05) is 6.92 Å². The molecule has 0 saturated heterocycles. The van der Waals surface area contributed by atoms with Crippen LogP contribution in [0.4, 0.5) is 4.39 Å². The minimum atomic E-state index is -0.340. The molecule has 0 aliphatic rings. The summed E-state index contributed by atoms with van der Waals surface area (Å²) in [7, 11) is 0. The van der Waals surface area contributed by atoms with Crippen molar-refractivity contribution in [1.82, 2.24) is 5.43 Å². The first-order valence-corrected chi connectivity index (χ1v) is 6.83. The number of rotatable bonds is 4. The van der Waals surface area contributed by atoms with E-state index in [1.54, 1.807) is 37.3 Å². The second-order valence-electron chi connectivity index (χ2n) is 5.06. The fourth-order valence-electron chi connectivity index (χ4n) is 1.97. The number of hydrogen-bond donors (Lipinski definition) is 2. The molecule has 1 amide bonds. The van der Waals surface area contributed by atoms with Crippen LogP contribution in [0.15, 0.2) is 47.6 Å². The van der Waals surface area contributed by atoms with E-state index in [1.165, 1.54) is 12.1 Å². The third kappa shape index (κ3) is 4.15. The first-order valence-electron chi connectivity index (χ1n) is 6.83. The van der Waals surface area contributed by atoms with Crippen LogP contribution in [-0.2, 0) is 11.2 Å². The molecule has 4 nitrogen and oxygen atoms in total. The summed E-state index contributed by atoms with van der Waals surface area (Å²) in [5.41, 5.74) is 5.20. The molecule has 5 heteroatoms. The highest BCUT2D eigenvalue weighted by molar-refractivity contribution is 6.01. The van der Waals surface area contributed by atoms with Gasteiger partial charge in [-0.05, 0) is 43.7 Å². The molecule has 2 rings (SSSR count). The molecule has 22 heavy (non-hydrogen) atoms. The first kappa shape index (κ1) is 15.7. The second kappa shape index (κ2) is 6.85. The molecule has 0 spiro atoms. The molecule has 0 atom stereocenters. The standard InChI is InChI=1S/C17H17FN2O2/c1-11-3-8-16(21)15(9-11)12(2)19-20-17(22)10-13-4-6-14(18)7-5-13/h3-9,21H,10H2,1-2H3,(H,20,22)/b19-12+. The van der Waals surface area contributed by atoms with Gasteiger partial charge in [-0.2, -0.15) is 5.10 Å². The van der Waals surface area contributed by atoms with E-state index in [0.29, 0.717) is 16.8 Å². The molecule has 2 N–H and O–H groups in total. The number of carbonyl (C=O) groups is 1. The Kier molecular flexibility index (Phi) is 4.88. The fourth-order valence-corrected chi connectivity index (χ4v) is 1.97. The second-order valence-corrected chi connectivity index (χ2v) is 5.06. The molecule has 0 fully saturated rings. The number of hydrazone groups is 1. The Morgan fingerprint density at radius 3 is 2.59 bits per heavy atom. The summed E-state index contributed by atoms with van der Waals surface area (Å²) in [5.74, 6) is -0.536. The maximum absolute atomic E-state index is 12.8. The van der Waals surface area contributed by atoms with Crippen molar-refractivity contribution in [2.45, 2.75) is 20.3 Å². The highest BCUT2D eigenvalue weighted by Gasteiger charge is 2.07. The predicted molar refractivity (Wildman–Crippen MR) is 83.3 cm³/mol. The zero-order valence-corrected chi connectivity index (χ0v) is 12.4. The lowest BCUT2D eigenvalue weighted by Gasteiger charge is -2.06. The largest absolute Gasteiger partial charge is 0.507 e. The number of benzene rings is 2. The van der Waals surface area contributed by atoms with E-state index in [9.17, 15) is 14.3 Å². The first-order chi connectivity index (χ1) is 10.5. The number of nitrogens with zero attached hydrogens (tertiary/aromatic N) is 1. The maximum atomic E-state index is 12.8. The smallest absolute Gasteiger partial charge is 0.244 e. The lowest BCUT2D eigenvalue weighted by molar-refractivity contribution is -0.120. The molecule has 0 aliphatic heterocycles. The molecule has 0 saturated carbocycles. The quantitative estimate of drug-likeness (QED) is 0.673. The van der Waals surface area contributed by atoms with Crippen LogP contribution in [0.5, 0.6) is 5.75 Å². The predicted octanol–water partition coefficient (Wildman–Crippen LogP) is 2.92. The van der Waals surface area contributed by atoms with Crippen molar-refractivity contribution in [3.63, 3.8) is 0 Å². The van der Waals surface area contributed by atoms with E-state index in [0.717, 1.165) is 5.56 Å². The monoisotopic (exact) mass is 300 g/mol. The van der Waals surface area contributed by atoms with Gasteiger partial charge >= 0.3 is 0 Å². The summed E-state index contributed by atoms with van der Waals surface area (Å²) in [6, 6.07) is 10.9. The Hall–Kier alpha value is -2.69. The van der Waals surface area contributed by atoms with Gasteiger partial charge in [-0.3, -0.25) is 4.79 Å².